The highest BCUT2D eigenvalue weighted by molar-refractivity contribution is 9.10. The third-order valence-corrected chi connectivity index (χ3v) is 3.52. The van der Waals surface area contributed by atoms with Gasteiger partial charge in [0.15, 0.2) is 6.61 Å². The zero-order valence-corrected chi connectivity index (χ0v) is 13.0. The van der Waals surface area contributed by atoms with Crippen molar-refractivity contribution in [3.8, 4) is 5.75 Å². The lowest BCUT2D eigenvalue weighted by atomic mass is 10.1. The normalized spacial score (nSPS) is 13.0. The average Bonchev–Trinajstić information content (AvgIpc) is 2.47. The Morgan fingerprint density at radius 1 is 1.19 bits per heavy atom. The van der Waals surface area contributed by atoms with E-state index < -0.39 is 18.6 Å². The van der Waals surface area contributed by atoms with Crippen LogP contribution in [0.15, 0.2) is 53.0 Å². The number of halogens is 3. The van der Waals surface area contributed by atoms with E-state index in [9.17, 15) is 13.9 Å². The van der Waals surface area contributed by atoms with Crippen LogP contribution in [-0.2, 0) is 5.92 Å². The van der Waals surface area contributed by atoms with Gasteiger partial charge in [-0.1, -0.05) is 46.3 Å². The number of aliphatic hydroxyl groups is 1. The van der Waals surface area contributed by atoms with E-state index in [4.69, 9.17) is 4.74 Å². The Kier molecular flexibility index (Phi) is 4.96. The molecule has 0 aliphatic carbocycles. The second kappa shape index (κ2) is 6.54. The van der Waals surface area contributed by atoms with Gasteiger partial charge in [0.05, 0.1) is 6.10 Å². The van der Waals surface area contributed by atoms with Gasteiger partial charge in [0.2, 0.25) is 0 Å². The Balaban J connectivity index is 2.16. The zero-order valence-electron chi connectivity index (χ0n) is 11.4. The molecular formula is C16H15BrF2O2. The summed E-state index contributed by atoms with van der Waals surface area (Å²) in [4.78, 5) is 0. The highest BCUT2D eigenvalue weighted by Crippen LogP contribution is 2.32. The van der Waals surface area contributed by atoms with E-state index in [1.54, 1.807) is 43.3 Å². The lowest BCUT2D eigenvalue weighted by Crippen LogP contribution is -2.23. The van der Waals surface area contributed by atoms with Crippen LogP contribution in [0.2, 0.25) is 0 Å². The summed E-state index contributed by atoms with van der Waals surface area (Å²) in [5.74, 6) is -2.84. The van der Waals surface area contributed by atoms with Crippen LogP contribution in [0, 0.1) is 0 Å². The number of benzene rings is 2. The Labute approximate surface area is 130 Å². The molecule has 0 aliphatic rings. The molecule has 1 atom stereocenters. The molecule has 5 heteroatoms. The van der Waals surface area contributed by atoms with Crippen molar-refractivity contribution < 1.29 is 18.6 Å². The maximum atomic E-state index is 14.1. The SMILES string of the molecule is C[C@H](O)c1cc(Br)ccc1OCC(F)(F)c1ccccc1. The van der Waals surface area contributed by atoms with Crippen LogP contribution in [0.25, 0.3) is 0 Å². The van der Waals surface area contributed by atoms with Gasteiger partial charge >= 0.3 is 5.92 Å². The molecule has 21 heavy (non-hydrogen) atoms. The van der Waals surface area contributed by atoms with E-state index in [1.165, 1.54) is 12.1 Å². The summed E-state index contributed by atoms with van der Waals surface area (Å²) in [6.45, 7) is 0.780. The molecule has 0 aliphatic heterocycles. The molecule has 0 aromatic heterocycles. The van der Waals surface area contributed by atoms with Crippen molar-refractivity contribution >= 4 is 15.9 Å². The number of hydrogen-bond donors (Lipinski definition) is 1. The van der Waals surface area contributed by atoms with Crippen molar-refractivity contribution in [1.82, 2.24) is 0 Å². The summed E-state index contributed by atoms with van der Waals surface area (Å²) in [7, 11) is 0. The number of alkyl halides is 2. The molecule has 0 bridgehead atoms. The van der Waals surface area contributed by atoms with Crippen molar-refractivity contribution in [2.24, 2.45) is 0 Å². The fourth-order valence-electron chi connectivity index (χ4n) is 1.91. The summed E-state index contributed by atoms with van der Waals surface area (Å²) in [5.41, 5.74) is 0.369. The van der Waals surface area contributed by atoms with Crippen LogP contribution in [0.4, 0.5) is 8.78 Å². The van der Waals surface area contributed by atoms with Crippen LogP contribution in [-0.4, -0.2) is 11.7 Å². The Morgan fingerprint density at radius 3 is 2.48 bits per heavy atom. The predicted octanol–water partition coefficient (Wildman–Crippen LogP) is 4.67. The van der Waals surface area contributed by atoms with Gasteiger partial charge in [-0.2, -0.15) is 8.78 Å². The van der Waals surface area contributed by atoms with Gasteiger partial charge in [-0.25, -0.2) is 0 Å². The van der Waals surface area contributed by atoms with Crippen LogP contribution in [0.3, 0.4) is 0 Å². The summed E-state index contributed by atoms with van der Waals surface area (Å²) in [6.07, 6.45) is -0.803. The molecule has 2 nitrogen and oxygen atoms in total. The van der Waals surface area contributed by atoms with Crippen LogP contribution >= 0.6 is 15.9 Å². The van der Waals surface area contributed by atoms with Gasteiger partial charge in [0, 0.05) is 15.6 Å². The number of hydrogen-bond acceptors (Lipinski definition) is 2. The Bertz CT molecular complexity index is 600. The van der Waals surface area contributed by atoms with E-state index >= 15 is 0 Å². The van der Waals surface area contributed by atoms with Crippen molar-refractivity contribution in [2.75, 3.05) is 6.61 Å². The van der Waals surface area contributed by atoms with Gasteiger partial charge in [-0.3, -0.25) is 0 Å². The molecule has 1 N–H and O–H groups in total. The molecule has 0 spiro atoms. The van der Waals surface area contributed by atoms with Crippen molar-refractivity contribution in [2.45, 2.75) is 19.0 Å². The van der Waals surface area contributed by atoms with E-state index in [0.717, 1.165) is 4.47 Å². The van der Waals surface area contributed by atoms with Gasteiger partial charge in [0.25, 0.3) is 0 Å². The van der Waals surface area contributed by atoms with Gasteiger partial charge in [-0.15, -0.1) is 0 Å². The van der Waals surface area contributed by atoms with Crippen molar-refractivity contribution in [1.29, 1.82) is 0 Å². The first-order valence-electron chi connectivity index (χ1n) is 6.44. The topological polar surface area (TPSA) is 29.5 Å². The molecular weight excluding hydrogens is 342 g/mol. The minimum absolute atomic E-state index is 0.0966. The van der Waals surface area contributed by atoms with Crippen molar-refractivity contribution in [3.63, 3.8) is 0 Å². The maximum Gasteiger partial charge on any atom is 0.306 e. The third kappa shape index (κ3) is 4.02. The number of aliphatic hydroxyl groups excluding tert-OH is 1. The van der Waals surface area contributed by atoms with E-state index in [1.807, 2.05) is 0 Å². The molecule has 2 aromatic carbocycles. The van der Waals surface area contributed by atoms with Gasteiger partial charge in [-0.05, 0) is 25.1 Å². The first kappa shape index (κ1) is 15.9. The fourth-order valence-corrected chi connectivity index (χ4v) is 2.29. The molecule has 0 fully saturated rings. The molecule has 2 aromatic rings. The highest BCUT2D eigenvalue weighted by atomic mass is 79.9. The van der Waals surface area contributed by atoms with E-state index in [2.05, 4.69) is 15.9 Å². The number of ether oxygens (including phenoxy) is 1. The van der Waals surface area contributed by atoms with Crippen LogP contribution < -0.4 is 4.74 Å². The number of rotatable bonds is 5. The molecule has 0 amide bonds. The first-order chi connectivity index (χ1) is 9.90. The van der Waals surface area contributed by atoms with E-state index in [0.29, 0.717) is 5.56 Å². The maximum absolute atomic E-state index is 14.1. The minimum atomic E-state index is -3.09. The first-order valence-corrected chi connectivity index (χ1v) is 7.23. The molecule has 2 rings (SSSR count). The Morgan fingerprint density at radius 2 is 1.86 bits per heavy atom. The Hall–Kier alpha value is -1.46. The lowest BCUT2D eigenvalue weighted by molar-refractivity contribution is -0.0473. The van der Waals surface area contributed by atoms with Gasteiger partial charge in [0.1, 0.15) is 5.75 Å². The molecule has 112 valence electrons. The second-order valence-corrected chi connectivity index (χ2v) is 5.63. The molecule has 0 saturated heterocycles. The molecule has 0 unspecified atom stereocenters. The summed E-state index contributed by atoms with van der Waals surface area (Å²) >= 11 is 3.28. The minimum Gasteiger partial charge on any atom is -0.487 e. The summed E-state index contributed by atoms with van der Waals surface area (Å²) in [6, 6.07) is 12.4. The summed E-state index contributed by atoms with van der Waals surface area (Å²) < 4.78 is 34.1. The largest absolute Gasteiger partial charge is 0.487 e. The van der Waals surface area contributed by atoms with Gasteiger partial charge < -0.3 is 9.84 Å². The average molecular weight is 357 g/mol. The molecule has 0 saturated carbocycles. The molecule has 0 radical (unpaired) electrons. The van der Waals surface area contributed by atoms with Crippen LogP contribution in [0.5, 0.6) is 5.75 Å². The standard InChI is InChI=1S/C16H15BrF2O2/c1-11(20)14-9-13(17)7-8-15(14)21-10-16(18,19)12-5-3-2-4-6-12/h2-9,11,20H,10H2,1H3/t11-/m0/s1. The smallest absolute Gasteiger partial charge is 0.306 e. The highest BCUT2D eigenvalue weighted by Gasteiger charge is 2.32. The van der Waals surface area contributed by atoms with Crippen molar-refractivity contribution in [3.05, 3.63) is 64.1 Å². The predicted molar refractivity (Wildman–Crippen MR) is 80.6 cm³/mol. The lowest BCUT2D eigenvalue weighted by Gasteiger charge is -2.19. The summed E-state index contributed by atoms with van der Waals surface area (Å²) in [5, 5.41) is 9.69. The monoisotopic (exact) mass is 356 g/mol. The second-order valence-electron chi connectivity index (χ2n) is 4.72. The zero-order chi connectivity index (χ0) is 15.5. The quantitative estimate of drug-likeness (QED) is 0.843. The molecule has 0 heterocycles. The van der Waals surface area contributed by atoms with Crippen LogP contribution in [0.1, 0.15) is 24.2 Å². The van der Waals surface area contributed by atoms with E-state index in [-0.39, 0.29) is 11.3 Å². The third-order valence-electron chi connectivity index (χ3n) is 3.03. The fraction of sp³-hybridized carbons (Fsp3) is 0.250.